The molecule has 0 radical (unpaired) electrons. The average Bonchev–Trinajstić information content (AvgIpc) is 4.04. The van der Waals surface area contributed by atoms with Crippen LogP contribution in [0.25, 0.3) is 121 Å². The first kappa shape index (κ1) is 31.4. The van der Waals surface area contributed by atoms with Crippen LogP contribution in [0.2, 0.25) is 0 Å². The molecule has 0 N–H and O–H groups in total. The zero-order valence-corrected chi connectivity index (χ0v) is 31.2. The normalized spacial score (nSPS) is 12.1. The van der Waals surface area contributed by atoms with Crippen molar-refractivity contribution >= 4 is 87.5 Å². The highest BCUT2D eigenvalue weighted by Crippen LogP contribution is 2.46. The molecule has 0 aliphatic rings. The van der Waals surface area contributed by atoms with Crippen molar-refractivity contribution in [3.05, 3.63) is 194 Å². The minimum atomic E-state index is 0.873. The highest BCUT2D eigenvalue weighted by atomic mass is 16.3. The Morgan fingerprint density at radius 2 is 0.828 bits per heavy atom. The molecule has 4 nitrogen and oxygen atoms in total. The van der Waals surface area contributed by atoms with E-state index in [1.807, 2.05) is 24.3 Å². The van der Waals surface area contributed by atoms with Gasteiger partial charge in [0.25, 0.3) is 0 Å². The summed E-state index contributed by atoms with van der Waals surface area (Å²) in [7, 11) is 0. The lowest BCUT2D eigenvalue weighted by molar-refractivity contribution is 0.668. The molecular formula is C54H32N2O2. The summed E-state index contributed by atoms with van der Waals surface area (Å²) in [6.45, 7) is 0. The van der Waals surface area contributed by atoms with Crippen molar-refractivity contribution in [2.45, 2.75) is 0 Å². The van der Waals surface area contributed by atoms with Crippen molar-refractivity contribution in [2.75, 3.05) is 0 Å². The molecule has 4 heteroatoms. The van der Waals surface area contributed by atoms with Gasteiger partial charge < -0.3 is 18.0 Å². The van der Waals surface area contributed by atoms with E-state index < -0.39 is 0 Å². The fourth-order valence-corrected chi connectivity index (χ4v) is 9.69. The standard InChI is InChI=1S/C54H32N2O2/c1-2-13-33(14-3-1)36-18-11-24-47-52(36)43-21-10-20-41(54(43)56(47)35-27-29-39-37-15-5-8-25-48(37)58-51(39)32-35)40-19-12-23-46-53(40)42-17-4-7-22-45(42)55(46)34-28-30-50-44(31-34)38-16-6-9-26-49(38)57-50/h1-32H. The summed E-state index contributed by atoms with van der Waals surface area (Å²) in [6.07, 6.45) is 0. The SMILES string of the molecule is c1ccc(-c2cccc3c2c2cccc(-c4cccc5c4c4ccccc4n5-c4ccc5oc6ccccc6c5c4)c2n3-c2ccc3c(c2)oc2ccccc23)cc1. The van der Waals surface area contributed by atoms with Crippen molar-refractivity contribution in [3.63, 3.8) is 0 Å². The maximum Gasteiger partial charge on any atom is 0.137 e. The molecule has 0 spiro atoms. The molecule has 0 saturated heterocycles. The van der Waals surface area contributed by atoms with Gasteiger partial charge in [-0.15, -0.1) is 0 Å². The lowest BCUT2D eigenvalue weighted by atomic mass is 9.95. The van der Waals surface area contributed by atoms with E-state index in [1.165, 1.54) is 43.8 Å². The zero-order valence-electron chi connectivity index (χ0n) is 31.2. The van der Waals surface area contributed by atoms with Crippen LogP contribution in [0.15, 0.2) is 203 Å². The first-order valence-corrected chi connectivity index (χ1v) is 19.8. The van der Waals surface area contributed by atoms with E-state index in [9.17, 15) is 0 Å². The number of benzene rings is 9. The maximum absolute atomic E-state index is 6.50. The number of nitrogens with zero attached hydrogens (tertiary/aromatic N) is 2. The van der Waals surface area contributed by atoms with E-state index in [1.54, 1.807) is 0 Å². The monoisotopic (exact) mass is 740 g/mol. The molecule has 0 atom stereocenters. The Hall–Kier alpha value is -7.82. The molecule has 4 aromatic heterocycles. The predicted molar refractivity (Wildman–Crippen MR) is 241 cm³/mol. The van der Waals surface area contributed by atoms with Crippen LogP contribution in [0.3, 0.4) is 0 Å². The number of hydrogen-bond donors (Lipinski definition) is 0. The topological polar surface area (TPSA) is 36.1 Å². The average molecular weight is 741 g/mol. The number of rotatable bonds is 4. The Morgan fingerprint density at radius 3 is 1.66 bits per heavy atom. The van der Waals surface area contributed by atoms with Gasteiger partial charge >= 0.3 is 0 Å². The maximum atomic E-state index is 6.50. The minimum absolute atomic E-state index is 0.873. The fourth-order valence-electron chi connectivity index (χ4n) is 9.69. The van der Waals surface area contributed by atoms with Gasteiger partial charge in [0.2, 0.25) is 0 Å². The number of hydrogen-bond acceptors (Lipinski definition) is 2. The van der Waals surface area contributed by atoms with E-state index in [0.717, 1.165) is 77.3 Å². The van der Waals surface area contributed by atoms with Crippen LogP contribution < -0.4 is 0 Å². The van der Waals surface area contributed by atoms with Crippen LogP contribution in [-0.4, -0.2) is 9.13 Å². The van der Waals surface area contributed by atoms with Gasteiger partial charge in [0.15, 0.2) is 0 Å². The van der Waals surface area contributed by atoms with Crippen molar-refractivity contribution in [3.8, 4) is 33.6 Å². The second-order valence-electron chi connectivity index (χ2n) is 15.2. The molecule has 13 rings (SSSR count). The highest BCUT2D eigenvalue weighted by molar-refractivity contribution is 6.23. The minimum Gasteiger partial charge on any atom is -0.456 e. The second-order valence-corrected chi connectivity index (χ2v) is 15.2. The molecule has 0 unspecified atom stereocenters. The molecule has 13 aromatic rings. The smallest absolute Gasteiger partial charge is 0.137 e. The van der Waals surface area contributed by atoms with Crippen LogP contribution in [0.1, 0.15) is 0 Å². The number of furan rings is 2. The van der Waals surface area contributed by atoms with Gasteiger partial charge in [-0.2, -0.15) is 0 Å². The first-order valence-electron chi connectivity index (χ1n) is 19.8. The molecule has 0 fully saturated rings. The van der Waals surface area contributed by atoms with Gasteiger partial charge in [0.1, 0.15) is 22.3 Å². The zero-order chi connectivity index (χ0) is 37.9. The van der Waals surface area contributed by atoms with Crippen molar-refractivity contribution in [1.29, 1.82) is 0 Å². The molecule has 9 aromatic carbocycles. The lowest BCUT2D eigenvalue weighted by Gasteiger charge is -2.13. The van der Waals surface area contributed by atoms with Gasteiger partial charge in [0, 0.05) is 66.1 Å². The van der Waals surface area contributed by atoms with Crippen LogP contribution in [-0.2, 0) is 0 Å². The molecule has 0 amide bonds. The third-order valence-electron chi connectivity index (χ3n) is 12.1. The number of fused-ring (bicyclic) bond motifs is 12. The first-order chi connectivity index (χ1) is 28.8. The second kappa shape index (κ2) is 11.8. The number of aromatic nitrogens is 2. The van der Waals surface area contributed by atoms with Crippen LogP contribution >= 0.6 is 0 Å². The lowest BCUT2D eigenvalue weighted by Crippen LogP contribution is -1.96. The summed E-state index contributed by atoms with van der Waals surface area (Å²) in [5.41, 5.74) is 15.1. The van der Waals surface area contributed by atoms with E-state index in [-0.39, 0.29) is 0 Å². The molecule has 0 aliphatic heterocycles. The summed E-state index contributed by atoms with van der Waals surface area (Å²) in [5.74, 6) is 0. The van der Waals surface area contributed by atoms with Gasteiger partial charge in [0.05, 0.1) is 22.1 Å². The number of para-hydroxylation sites is 4. The molecule has 0 aliphatic carbocycles. The molecule has 0 bridgehead atoms. The summed E-state index contributed by atoms with van der Waals surface area (Å²) in [6, 6.07) is 69.6. The van der Waals surface area contributed by atoms with E-state index >= 15 is 0 Å². The largest absolute Gasteiger partial charge is 0.456 e. The summed E-state index contributed by atoms with van der Waals surface area (Å²) in [5, 5.41) is 9.33. The Balaban J connectivity index is 1.13. The molecule has 0 saturated carbocycles. The van der Waals surface area contributed by atoms with Gasteiger partial charge in [-0.05, 0) is 77.4 Å². The highest BCUT2D eigenvalue weighted by Gasteiger charge is 2.23. The van der Waals surface area contributed by atoms with Crippen LogP contribution in [0, 0.1) is 0 Å². The fraction of sp³-hybridized carbons (Fsp3) is 0. The Morgan fingerprint density at radius 1 is 0.293 bits per heavy atom. The summed E-state index contributed by atoms with van der Waals surface area (Å²) in [4.78, 5) is 0. The van der Waals surface area contributed by atoms with Crippen molar-refractivity contribution in [2.24, 2.45) is 0 Å². The third-order valence-corrected chi connectivity index (χ3v) is 12.1. The van der Waals surface area contributed by atoms with E-state index in [4.69, 9.17) is 8.83 Å². The molecule has 58 heavy (non-hydrogen) atoms. The molecular weight excluding hydrogens is 709 g/mol. The summed E-state index contributed by atoms with van der Waals surface area (Å²) >= 11 is 0. The Kier molecular flexibility index (Phi) is 6.41. The van der Waals surface area contributed by atoms with Crippen LogP contribution in [0.5, 0.6) is 0 Å². The Bertz CT molecular complexity index is 3800. The van der Waals surface area contributed by atoms with Crippen LogP contribution in [0.4, 0.5) is 0 Å². The van der Waals surface area contributed by atoms with Gasteiger partial charge in [-0.1, -0.05) is 127 Å². The van der Waals surface area contributed by atoms with Gasteiger partial charge in [-0.3, -0.25) is 0 Å². The van der Waals surface area contributed by atoms with E-state index in [2.05, 4.69) is 179 Å². The summed E-state index contributed by atoms with van der Waals surface area (Å²) < 4.78 is 17.6. The Labute approximate surface area is 332 Å². The van der Waals surface area contributed by atoms with Crippen molar-refractivity contribution < 1.29 is 8.83 Å². The quantitative estimate of drug-likeness (QED) is 0.180. The van der Waals surface area contributed by atoms with Gasteiger partial charge in [-0.25, -0.2) is 0 Å². The third kappa shape index (κ3) is 4.34. The molecule has 270 valence electrons. The predicted octanol–water partition coefficient (Wildman–Crippen LogP) is 15.0. The van der Waals surface area contributed by atoms with Crippen molar-refractivity contribution in [1.82, 2.24) is 9.13 Å². The molecule has 4 heterocycles. The van der Waals surface area contributed by atoms with E-state index in [0.29, 0.717) is 0 Å².